The van der Waals surface area contributed by atoms with Crippen molar-refractivity contribution in [1.82, 2.24) is 10.2 Å². The standard InChI is InChI=1S/C25H28ClN3O6/c1-4-31-22(25(30)32-5-2)15-17-8-7-9-20(14-17)33-16-21(29-34-6-3)24-28-27-23(35-24)18-10-12-19(26)13-11-18/h7-14,22H,4-6,15-16H2,1-3H3. The molecule has 186 valence electrons. The molecule has 9 nitrogen and oxygen atoms in total. The molecule has 2 aromatic carbocycles. The van der Waals surface area contributed by atoms with Crippen molar-refractivity contribution in [3.63, 3.8) is 0 Å². The summed E-state index contributed by atoms with van der Waals surface area (Å²) in [6, 6.07) is 14.4. The molecule has 0 spiro atoms. The zero-order valence-corrected chi connectivity index (χ0v) is 20.7. The smallest absolute Gasteiger partial charge is 0.335 e. The van der Waals surface area contributed by atoms with Crippen LogP contribution in [0.2, 0.25) is 5.02 Å². The number of rotatable bonds is 13. The van der Waals surface area contributed by atoms with Crippen LogP contribution in [-0.4, -0.2) is 54.4 Å². The number of esters is 1. The van der Waals surface area contributed by atoms with E-state index >= 15 is 0 Å². The number of hydrogen-bond acceptors (Lipinski definition) is 9. The third-order valence-electron chi connectivity index (χ3n) is 4.68. The predicted octanol–water partition coefficient (Wildman–Crippen LogP) is 4.72. The first-order valence-corrected chi connectivity index (χ1v) is 11.7. The van der Waals surface area contributed by atoms with Crippen LogP contribution >= 0.6 is 11.6 Å². The van der Waals surface area contributed by atoms with Gasteiger partial charge in [-0.25, -0.2) is 4.79 Å². The predicted molar refractivity (Wildman–Crippen MR) is 131 cm³/mol. The van der Waals surface area contributed by atoms with Crippen molar-refractivity contribution < 1.29 is 28.3 Å². The van der Waals surface area contributed by atoms with Crippen molar-refractivity contribution in [1.29, 1.82) is 0 Å². The second-order valence-electron chi connectivity index (χ2n) is 7.21. The summed E-state index contributed by atoms with van der Waals surface area (Å²) in [6.07, 6.45) is -0.326. The Bertz CT molecular complexity index is 1120. The van der Waals surface area contributed by atoms with E-state index < -0.39 is 6.10 Å². The van der Waals surface area contributed by atoms with Crippen LogP contribution in [0.4, 0.5) is 0 Å². The fourth-order valence-electron chi connectivity index (χ4n) is 3.09. The Hall–Kier alpha value is -3.43. The molecule has 0 aliphatic rings. The number of halogens is 1. The highest BCUT2D eigenvalue weighted by molar-refractivity contribution is 6.30. The maximum atomic E-state index is 12.2. The maximum absolute atomic E-state index is 12.2. The minimum Gasteiger partial charge on any atom is -0.487 e. The average Bonchev–Trinajstić information content (AvgIpc) is 3.35. The minimum atomic E-state index is -0.685. The summed E-state index contributed by atoms with van der Waals surface area (Å²) in [5.41, 5.74) is 1.92. The Balaban J connectivity index is 1.71. The quantitative estimate of drug-likeness (QED) is 0.188. The molecule has 0 saturated heterocycles. The molecule has 0 aliphatic carbocycles. The van der Waals surface area contributed by atoms with Crippen LogP contribution in [0.3, 0.4) is 0 Å². The van der Waals surface area contributed by atoms with E-state index in [1.807, 2.05) is 32.0 Å². The van der Waals surface area contributed by atoms with Crippen molar-refractivity contribution in [3.8, 4) is 17.2 Å². The fraction of sp³-hybridized carbons (Fsp3) is 0.360. The Morgan fingerprint density at radius 3 is 2.57 bits per heavy atom. The molecule has 0 fully saturated rings. The number of nitrogens with zero attached hydrogens (tertiary/aromatic N) is 3. The van der Waals surface area contributed by atoms with Gasteiger partial charge in [-0.2, -0.15) is 0 Å². The summed E-state index contributed by atoms with van der Waals surface area (Å²) in [5.74, 6) is 0.685. The van der Waals surface area contributed by atoms with Crippen molar-refractivity contribution >= 4 is 23.3 Å². The summed E-state index contributed by atoms with van der Waals surface area (Å²) in [6.45, 7) is 6.50. The minimum absolute atomic E-state index is 0.0263. The van der Waals surface area contributed by atoms with Gasteiger partial charge in [0, 0.05) is 23.6 Å². The Labute approximate surface area is 209 Å². The van der Waals surface area contributed by atoms with Crippen molar-refractivity contribution in [2.75, 3.05) is 26.4 Å². The van der Waals surface area contributed by atoms with Crippen molar-refractivity contribution in [3.05, 3.63) is 65.0 Å². The third-order valence-corrected chi connectivity index (χ3v) is 4.93. The summed E-state index contributed by atoms with van der Waals surface area (Å²) < 4.78 is 22.4. The lowest BCUT2D eigenvalue weighted by molar-refractivity contribution is -0.156. The summed E-state index contributed by atoms with van der Waals surface area (Å²) >= 11 is 5.95. The first kappa shape index (κ1) is 26.2. The maximum Gasteiger partial charge on any atom is 0.335 e. The molecule has 3 aromatic rings. The normalized spacial score (nSPS) is 12.3. The van der Waals surface area contributed by atoms with E-state index in [1.165, 1.54) is 0 Å². The van der Waals surface area contributed by atoms with E-state index in [1.54, 1.807) is 37.3 Å². The van der Waals surface area contributed by atoms with Crippen LogP contribution < -0.4 is 4.74 Å². The molecule has 1 atom stereocenters. The highest BCUT2D eigenvalue weighted by atomic mass is 35.5. The average molecular weight is 502 g/mol. The molecule has 3 rings (SSSR count). The van der Waals surface area contributed by atoms with Gasteiger partial charge >= 0.3 is 5.97 Å². The molecule has 10 heteroatoms. The molecule has 0 radical (unpaired) electrons. The molecular formula is C25H28ClN3O6. The molecular weight excluding hydrogens is 474 g/mol. The summed E-state index contributed by atoms with van der Waals surface area (Å²) in [5, 5.41) is 12.9. The molecule has 1 unspecified atom stereocenters. The van der Waals surface area contributed by atoms with E-state index in [0.29, 0.717) is 48.6 Å². The Morgan fingerprint density at radius 1 is 1.06 bits per heavy atom. The van der Waals surface area contributed by atoms with Gasteiger partial charge in [-0.15, -0.1) is 10.2 Å². The number of benzene rings is 2. The molecule has 0 aliphatic heterocycles. The largest absolute Gasteiger partial charge is 0.487 e. The molecule has 35 heavy (non-hydrogen) atoms. The van der Waals surface area contributed by atoms with Gasteiger partial charge in [0.1, 0.15) is 19.0 Å². The van der Waals surface area contributed by atoms with E-state index in [0.717, 1.165) is 11.1 Å². The molecule has 0 bridgehead atoms. The van der Waals surface area contributed by atoms with Crippen LogP contribution in [-0.2, 0) is 25.5 Å². The Morgan fingerprint density at radius 2 is 1.86 bits per heavy atom. The number of aromatic nitrogens is 2. The zero-order valence-electron chi connectivity index (χ0n) is 19.9. The summed E-state index contributed by atoms with van der Waals surface area (Å²) in [4.78, 5) is 17.4. The van der Waals surface area contributed by atoms with Crippen molar-refractivity contribution in [2.24, 2.45) is 5.16 Å². The summed E-state index contributed by atoms with van der Waals surface area (Å²) in [7, 11) is 0. The van der Waals surface area contributed by atoms with E-state index in [2.05, 4.69) is 15.4 Å². The van der Waals surface area contributed by atoms with Crippen LogP contribution in [0.1, 0.15) is 32.2 Å². The number of ether oxygens (including phenoxy) is 3. The van der Waals surface area contributed by atoms with Crippen LogP contribution in [0.5, 0.6) is 5.75 Å². The van der Waals surface area contributed by atoms with Gasteiger partial charge in [0.05, 0.1) is 6.61 Å². The van der Waals surface area contributed by atoms with Gasteiger partial charge in [-0.3, -0.25) is 0 Å². The number of carbonyl (C=O) groups excluding carboxylic acids is 1. The number of hydrogen-bond donors (Lipinski definition) is 0. The second-order valence-corrected chi connectivity index (χ2v) is 7.65. The van der Waals surface area contributed by atoms with Gasteiger partial charge in [0.15, 0.2) is 11.8 Å². The van der Waals surface area contributed by atoms with Gasteiger partial charge < -0.3 is 23.5 Å². The highest BCUT2D eigenvalue weighted by Gasteiger charge is 2.21. The lowest BCUT2D eigenvalue weighted by Crippen LogP contribution is -2.29. The number of oxime groups is 1. The molecule has 1 heterocycles. The van der Waals surface area contributed by atoms with Gasteiger partial charge in [0.25, 0.3) is 5.89 Å². The SMILES string of the molecule is CCON=C(COc1cccc(CC(OCC)C(=O)OCC)c1)c1nnc(-c2ccc(Cl)cc2)o1. The van der Waals surface area contributed by atoms with E-state index in [9.17, 15) is 4.79 Å². The lowest BCUT2D eigenvalue weighted by Gasteiger charge is -2.16. The molecule has 1 aromatic heterocycles. The van der Waals surface area contributed by atoms with E-state index in [4.69, 9.17) is 35.1 Å². The fourth-order valence-corrected chi connectivity index (χ4v) is 3.22. The van der Waals surface area contributed by atoms with Crippen LogP contribution in [0, 0.1) is 0 Å². The van der Waals surface area contributed by atoms with E-state index in [-0.39, 0.29) is 18.5 Å². The highest BCUT2D eigenvalue weighted by Crippen LogP contribution is 2.21. The Kier molecular flexibility index (Phi) is 10.1. The van der Waals surface area contributed by atoms with Gasteiger partial charge in [0.2, 0.25) is 5.89 Å². The van der Waals surface area contributed by atoms with Crippen LogP contribution in [0.25, 0.3) is 11.5 Å². The van der Waals surface area contributed by atoms with Crippen molar-refractivity contribution in [2.45, 2.75) is 33.3 Å². The van der Waals surface area contributed by atoms with Gasteiger partial charge in [-0.1, -0.05) is 28.9 Å². The number of carbonyl (C=O) groups is 1. The topological polar surface area (TPSA) is 105 Å². The lowest BCUT2D eigenvalue weighted by atomic mass is 10.1. The molecule has 0 N–H and O–H groups in total. The molecule has 0 amide bonds. The van der Waals surface area contributed by atoms with Crippen LogP contribution in [0.15, 0.2) is 58.1 Å². The monoisotopic (exact) mass is 501 g/mol. The second kappa shape index (κ2) is 13.5. The first-order chi connectivity index (χ1) is 17.0. The van der Waals surface area contributed by atoms with Gasteiger partial charge in [-0.05, 0) is 62.7 Å². The zero-order chi connectivity index (χ0) is 25.0. The third kappa shape index (κ3) is 7.80. The molecule has 0 saturated carbocycles. The first-order valence-electron chi connectivity index (χ1n) is 11.3.